The fourth-order valence-electron chi connectivity index (χ4n) is 4.45. The van der Waals surface area contributed by atoms with Crippen LogP contribution in [0.3, 0.4) is 0 Å². The number of pyridine rings is 1. The van der Waals surface area contributed by atoms with E-state index in [1.807, 2.05) is 36.1 Å². The Hall–Kier alpha value is -3.56. The number of hydrogen-bond donors (Lipinski definition) is 0. The number of benzene rings is 2. The van der Waals surface area contributed by atoms with E-state index in [-0.39, 0.29) is 23.7 Å². The van der Waals surface area contributed by atoms with E-state index in [4.69, 9.17) is 16.6 Å². The van der Waals surface area contributed by atoms with E-state index in [2.05, 4.69) is 4.98 Å². The van der Waals surface area contributed by atoms with E-state index in [0.29, 0.717) is 21.5 Å². The van der Waals surface area contributed by atoms with E-state index in [9.17, 15) is 14.9 Å². The molecule has 3 heterocycles. The number of piperidine rings is 1. The lowest BCUT2D eigenvalue weighted by Gasteiger charge is -2.28. The number of fused-ring (bicyclic) bond motifs is 1. The summed E-state index contributed by atoms with van der Waals surface area (Å²) in [7, 11) is 0. The Bertz CT molecular complexity index is 1400. The molecule has 0 aliphatic carbocycles. The molecule has 2 aromatic heterocycles. The Morgan fingerprint density at radius 1 is 1.17 bits per heavy atom. The molecule has 10 heteroatoms. The standard InChI is InChI=1S/C26H24ClN5O3S/c1-17-8-10-20(27)24-23(17)29-26(36-24)31(16-19-7-3-4-12-28-19)25(33)18-9-11-21(22(15-18)32(34)35)30-13-5-2-6-14-30/h3-4,7-12,15H,2,5-6,13-14,16H2,1H3. The number of carbonyl (C=O) groups excluding carboxylic acids is 1. The largest absolute Gasteiger partial charge is 0.366 e. The number of aromatic nitrogens is 2. The number of halogens is 1. The number of aryl methyl sites for hydroxylation is 1. The predicted octanol–water partition coefficient (Wildman–Crippen LogP) is 6.40. The summed E-state index contributed by atoms with van der Waals surface area (Å²) in [5, 5.41) is 13.0. The second-order valence-electron chi connectivity index (χ2n) is 8.76. The van der Waals surface area contributed by atoms with Crippen LogP contribution in [-0.2, 0) is 6.54 Å². The van der Waals surface area contributed by atoms with Crippen LogP contribution in [0.4, 0.5) is 16.5 Å². The van der Waals surface area contributed by atoms with Gasteiger partial charge >= 0.3 is 0 Å². The zero-order chi connectivity index (χ0) is 25.2. The average molecular weight is 522 g/mol. The van der Waals surface area contributed by atoms with Crippen LogP contribution in [0.1, 0.15) is 40.9 Å². The molecule has 8 nitrogen and oxygen atoms in total. The number of hydrogen-bond acceptors (Lipinski definition) is 7. The molecule has 1 fully saturated rings. The van der Waals surface area contributed by atoms with Crippen molar-refractivity contribution in [2.45, 2.75) is 32.7 Å². The van der Waals surface area contributed by atoms with Gasteiger partial charge in [-0.15, -0.1) is 0 Å². The van der Waals surface area contributed by atoms with Gasteiger partial charge in [0.2, 0.25) is 0 Å². The molecule has 0 N–H and O–H groups in total. The lowest BCUT2D eigenvalue weighted by molar-refractivity contribution is -0.384. The second kappa shape index (κ2) is 10.2. The van der Waals surface area contributed by atoms with E-state index in [1.54, 1.807) is 24.4 Å². The van der Waals surface area contributed by atoms with E-state index < -0.39 is 4.92 Å². The fraction of sp³-hybridized carbons (Fsp3) is 0.269. The Kier molecular flexibility index (Phi) is 6.84. The zero-order valence-corrected chi connectivity index (χ0v) is 21.3. The maximum Gasteiger partial charge on any atom is 0.293 e. The molecule has 1 saturated heterocycles. The monoisotopic (exact) mass is 521 g/mol. The van der Waals surface area contributed by atoms with Crippen molar-refractivity contribution in [2.24, 2.45) is 0 Å². The van der Waals surface area contributed by atoms with Gasteiger partial charge in [0.05, 0.1) is 32.4 Å². The Labute approximate surface area is 217 Å². The topological polar surface area (TPSA) is 92.5 Å². The van der Waals surface area contributed by atoms with Crippen molar-refractivity contribution in [1.29, 1.82) is 0 Å². The molecule has 1 aliphatic heterocycles. The molecule has 36 heavy (non-hydrogen) atoms. The number of nitrogens with zero attached hydrogens (tertiary/aromatic N) is 5. The highest BCUT2D eigenvalue weighted by Gasteiger charge is 2.27. The van der Waals surface area contributed by atoms with Crippen LogP contribution in [0.25, 0.3) is 10.2 Å². The minimum Gasteiger partial charge on any atom is -0.366 e. The second-order valence-corrected chi connectivity index (χ2v) is 10.1. The molecular weight excluding hydrogens is 498 g/mol. The lowest BCUT2D eigenvalue weighted by atomic mass is 10.1. The third kappa shape index (κ3) is 4.76. The van der Waals surface area contributed by atoms with Gasteiger partial charge in [-0.1, -0.05) is 35.1 Å². The minimum atomic E-state index is -0.412. The molecule has 2 aromatic carbocycles. The molecule has 0 radical (unpaired) electrons. The summed E-state index contributed by atoms with van der Waals surface area (Å²) in [5.74, 6) is -0.387. The number of rotatable bonds is 6. The van der Waals surface area contributed by atoms with E-state index >= 15 is 0 Å². The highest BCUT2D eigenvalue weighted by Crippen LogP contribution is 2.37. The Morgan fingerprint density at radius 2 is 1.97 bits per heavy atom. The zero-order valence-electron chi connectivity index (χ0n) is 19.7. The van der Waals surface area contributed by atoms with Crippen molar-refractivity contribution in [2.75, 3.05) is 22.9 Å². The van der Waals surface area contributed by atoms with Gasteiger partial charge in [0.1, 0.15) is 5.69 Å². The van der Waals surface area contributed by atoms with Crippen molar-refractivity contribution in [3.8, 4) is 0 Å². The summed E-state index contributed by atoms with van der Waals surface area (Å²) >= 11 is 7.74. The van der Waals surface area contributed by atoms with Crippen LogP contribution in [0.5, 0.6) is 0 Å². The minimum absolute atomic E-state index is 0.0660. The summed E-state index contributed by atoms with van der Waals surface area (Å²) in [6, 6.07) is 13.9. The third-order valence-corrected chi connectivity index (χ3v) is 7.86. The highest BCUT2D eigenvalue weighted by atomic mass is 35.5. The first-order chi connectivity index (χ1) is 17.4. The third-order valence-electron chi connectivity index (χ3n) is 6.32. The summed E-state index contributed by atoms with van der Waals surface area (Å²) in [5.41, 5.74) is 3.06. The van der Waals surface area contributed by atoms with Gasteiger partial charge in [-0.3, -0.25) is 24.8 Å². The summed E-state index contributed by atoms with van der Waals surface area (Å²) in [6.45, 7) is 3.64. The van der Waals surface area contributed by atoms with Crippen LogP contribution in [0.15, 0.2) is 54.7 Å². The molecule has 0 saturated carbocycles. The SMILES string of the molecule is Cc1ccc(Cl)c2sc(N(Cc3ccccn3)C(=O)c3ccc(N4CCCCC4)c([N+](=O)[O-])c3)nc12. The van der Waals surface area contributed by atoms with Crippen molar-refractivity contribution >= 4 is 55.6 Å². The van der Waals surface area contributed by atoms with Crippen molar-refractivity contribution in [3.63, 3.8) is 0 Å². The maximum atomic E-state index is 13.9. The lowest BCUT2D eigenvalue weighted by Crippen LogP contribution is -2.32. The molecule has 184 valence electrons. The van der Waals surface area contributed by atoms with Gasteiger partial charge < -0.3 is 4.90 Å². The van der Waals surface area contributed by atoms with Gasteiger partial charge in [0, 0.05) is 30.9 Å². The van der Waals surface area contributed by atoms with Crippen molar-refractivity contribution in [3.05, 3.63) is 86.7 Å². The fourth-order valence-corrected chi connectivity index (χ4v) is 5.76. The molecule has 4 aromatic rings. The molecule has 0 unspecified atom stereocenters. The molecular formula is C26H24ClN5O3S. The first-order valence-electron chi connectivity index (χ1n) is 11.7. The van der Waals surface area contributed by atoms with Crippen LogP contribution in [-0.4, -0.2) is 33.9 Å². The van der Waals surface area contributed by atoms with Crippen LogP contribution < -0.4 is 9.80 Å². The quantitative estimate of drug-likeness (QED) is 0.215. The van der Waals surface area contributed by atoms with Gasteiger partial charge in [0.15, 0.2) is 5.13 Å². The number of carbonyl (C=O) groups is 1. The first kappa shape index (κ1) is 24.1. The average Bonchev–Trinajstić information content (AvgIpc) is 3.36. The van der Waals surface area contributed by atoms with Crippen LogP contribution in [0, 0.1) is 17.0 Å². The Balaban J connectivity index is 1.57. The number of anilines is 2. The number of thiazole rings is 1. The van der Waals surface area contributed by atoms with Gasteiger partial charge in [-0.05, 0) is 62.1 Å². The van der Waals surface area contributed by atoms with Gasteiger partial charge in [0.25, 0.3) is 11.6 Å². The summed E-state index contributed by atoms with van der Waals surface area (Å²) in [6.07, 6.45) is 4.77. The maximum absolute atomic E-state index is 13.9. The first-order valence-corrected chi connectivity index (χ1v) is 12.9. The molecule has 5 rings (SSSR count). The number of nitro benzene ring substituents is 1. The predicted molar refractivity (Wildman–Crippen MR) is 143 cm³/mol. The van der Waals surface area contributed by atoms with Crippen LogP contribution in [0.2, 0.25) is 5.02 Å². The molecule has 0 bridgehead atoms. The Morgan fingerprint density at radius 3 is 2.67 bits per heavy atom. The van der Waals surface area contributed by atoms with Gasteiger partial charge in [-0.25, -0.2) is 4.98 Å². The van der Waals surface area contributed by atoms with Gasteiger partial charge in [-0.2, -0.15) is 0 Å². The number of nitro groups is 1. The molecule has 0 atom stereocenters. The van der Waals surface area contributed by atoms with Crippen LogP contribution >= 0.6 is 22.9 Å². The highest BCUT2D eigenvalue weighted by molar-refractivity contribution is 7.23. The number of amides is 1. The molecule has 0 spiro atoms. The summed E-state index contributed by atoms with van der Waals surface area (Å²) < 4.78 is 0.789. The van der Waals surface area contributed by atoms with E-state index in [1.165, 1.54) is 22.3 Å². The summed E-state index contributed by atoms with van der Waals surface area (Å²) in [4.78, 5) is 38.1. The van der Waals surface area contributed by atoms with E-state index in [0.717, 1.165) is 48.1 Å². The van der Waals surface area contributed by atoms with Crippen molar-refractivity contribution in [1.82, 2.24) is 9.97 Å². The molecule has 1 amide bonds. The van der Waals surface area contributed by atoms with Crippen molar-refractivity contribution < 1.29 is 9.72 Å². The normalized spacial score (nSPS) is 13.7. The smallest absolute Gasteiger partial charge is 0.293 e. The molecule has 1 aliphatic rings.